The third kappa shape index (κ3) is 3.12. The van der Waals surface area contributed by atoms with Crippen molar-refractivity contribution in [1.82, 2.24) is 24.4 Å². The van der Waals surface area contributed by atoms with Gasteiger partial charge in [-0.1, -0.05) is 42.5 Å². The van der Waals surface area contributed by atoms with Gasteiger partial charge in [0, 0.05) is 37.0 Å². The third-order valence-electron chi connectivity index (χ3n) is 5.48. The van der Waals surface area contributed by atoms with Crippen LogP contribution in [0.3, 0.4) is 0 Å². The van der Waals surface area contributed by atoms with Crippen LogP contribution in [0.4, 0.5) is 4.39 Å². The van der Waals surface area contributed by atoms with Crippen molar-refractivity contribution in [3.63, 3.8) is 0 Å². The first-order chi connectivity index (χ1) is 14.8. The Morgan fingerprint density at radius 1 is 1.00 bits per heavy atom. The molecule has 0 atom stereocenters. The zero-order valence-corrected chi connectivity index (χ0v) is 16.3. The lowest BCUT2D eigenvalue weighted by atomic mass is 9.92. The van der Waals surface area contributed by atoms with Crippen molar-refractivity contribution in [2.75, 3.05) is 19.8 Å². The lowest BCUT2D eigenvalue weighted by molar-refractivity contribution is 0.0581. The van der Waals surface area contributed by atoms with Crippen molar-refractivity contribution in [2.45, 2.75) is 12.5 Å². The normalized spacial score (nSPS) is 14.1. The summed E-state index contributed by atoms with van der Waals surface area (Å²) in [4.78, 5) is 28.4. The summed E-state index contributed by atoms with van der Waals surface area (Å²) in [5, 5.41) is 0. The van der Waals surface area contributed by atoms with Gasteiger partial charge in [-0.05, 0) is 12.1 Å². The van der Waals surface area contributed by atoms with E-state index >= 15 is 0 Å². The van der Waals surface area contributed by atoms with E-state index in [-0.39, 0.29) is 24.2 Å². The first-order valence-electron chi connectivity index (χ1n) is 9.93. The van der Waals surface area contributed by atoms with Gasteiger partial charge in [0.25, 0.3) is 5.91 Å². The highest BCUT2D eigenvalue weighted by Crippen LogP contribution is 2.33. The number of aryl methyl sites for hydroxylation is 1. The molecule has 30 heavy (non-hydrogen) atoms. The molecule has 5 rings (SSSR count). The molecule has 0 unspecified atom stereocenters. The average Bonchev–Trinajstić information content (AvgIpc) is 3.13. The fourth-order valence-corrected chi connectivity index (χ4v) is 3.97. The zero-order chi connectivity index (χ0) is 20.5. The largest absolute Gasteiger partial charge is 0.334 e. The number of carbonyl (C=O) groups excluding carboxylic acids is 1. The first-order valence-corrected chi connectivity index (χ1v) is 9.93. The van der Waals surface area contributed by atoms with Crippen LogP contribution < -0.4 is 0 Å². The van der Waals surface area contributed by atoms with Crippen LogP contribution in [0.25, 0.3) is 22.3 Å². The van der Waals surface area contributed by atoms with Gasteiger partial charge in [-0.2, -0.15) is 0 Å². The Hall–Kier alpha value is -3.61. The van der Waals surface area contributed by atoms with Crippen LogP contribution in [-0.4, -0.2) is 50.1 Å². The van der Waals surface area contributed by atoms with Crippen molar-refractivity contribution in [3.05, 3.63) is 78.5 Å². The van der Waals surface area contributed by atoms with Gasteiger partial charge in [0.1, 0.15) is 6.67 Å². The Bertz CT molecular complexity index is 1200. The van der Waals surface area contributed by atoms with Crippen molar-refractivity contribution >= 4 is 16.9 Å². The van der Waals surface area contributed by atoms with Gasteiger partial charge in [0.2, 0.25) is 0 Å². The Morgan fingerprint density at radius 2 is 1.73 bits per heavy atom. The van der Waals surface area contributed by atoms with E-state index in [0.29, 0.717) is 18.6 Å². The number of imidazole rings is 1. The fraction of sp³-hybridized carbons (Fsp3) is 0.217. The van der Waals surface area contributed by atoms with E-state index in [2.05, 4.69) is 15.0 Å². The number of rotatable bonds is 5. The van der Waals surface area contributed by atoms with Gasteiger partial charge in [-0.15, -0.1) is 0 Å². The number of fused-ring (bicyclic) bond motifs is 1. The second-order valence-electron chi connectivity index (χ2n) is 7.33. The highest BCUT2D eigenvalue weighted by Gasteiger charge is 2.36. The van der Waals surface area contributed by atoms with E-state index in [9.17, 15) is 9.18 Å². The van der Waals surface area contributed by atoms with Crippen LogP contribution in [0, 0.1) is 0 Å². The summed E-state index contributed by atoms with van der Waals surface area (Å²) >= 11 is 0. The molecule has 0 saturated carbocycles. The molecule has 7 heteroatoms. The molecule has 6 nitrogen and oxygen atoms in total. The van der Waals surface area contributed by atoms with Crippen LogP contribution in [-0.2, 0) is 6.54 Å². The predicted octanol–water partition coefficient (Wildman–Crippen LogP) is 3.70. The number of benzene rings is 2. The zero-order valence-electron chi connectivity index (χ0n) is 16.3. The Labute approximate surface area is 173 Å². The van der Waals surface area contributed by atoms with Gasteiger partial charge in [-0.25, -0.2) is 9.37 Å². The number of para-hydroxylation sites is 2. The quantitative estimate of drug-likeness (QED) is 0.512. The molecule has 0 bridgehead atoms. The van der Waals surface area contributed by atoms with Gasteiger partial charge >= 0.3 is 0 Å². The fourth-order valence-electron chi connectivity index (χ4n) is 3.97. The van der Waals surface area contributed by atoms with E-state index in [1.807, 2.05) is 54.6 Å². The number of hydrogen-bond donors (Lipinski definition) is 0. The molecule has 0 aliphatic carbocycles. The summed E-state index contributed by atoms with van der Waals surface area (Å²) in [6.07, 6.45) is 3.37. The van der Waals surface area contributed by atoms with Crippen LogP contribution >= 0.6 is 0 Å². The van der Waals surface area contributed by atoms with E-state index in [0.717, 1.165) is 22.5 Å². The molecule has 1 saturated heterocycles. The van der Waals surface area contributed by atoms with Crippen molar-refractivity contribution in [2.24, 2.45) is 0 Å². The first kappa shape index (κ1) is 18.4. The monoisotopic (exact) mass is 401 g/mol. The van der Waals surface area contributed by atoms with Crippen molar-refractivity contribution in [1.29, 1.82) is 0 Å². The molecule has 0 spiro atoms. The summed E-state index contributed by atoms with van der Waals surface area (Å²) < 4.78 is 14.8. The minimum Gasteiger partial charge on any atom is -0.334 e. The molecule has 0 N–H and O–H groups in total. The highest BCUT2D eigenvalue weighted by atomic mass is 19.1. The number of nitrogens with zero attached hydrogens (tertiary/aromatic N) is 5. The minimum atomic E-state index is -0.552. The van der Waals surface area contributed by atoms with Gasteiger partial charge in [0.15, 0.2) is 5.82 Å². The van der Waals surface area contributed by atoms with Crippen LogP contribution in [0.5, 0.6) is 0 Å². The SMILES string of the molecule is O=C(c1nc2ccccc2n1CCF)N1CC(c2nccnc2-c2ccccc2)C1. The second kappa shape index (κ2) is 7.67. The molecular formula is C23H20FN5O. The molecular weight excluding hydrogens is 381 g/mol. The molecule has 2 aromatic carbocycles. The van der Waals surface area contributed by atoms with Gasteiger partial charge < -0.3 is 9.47 Å². The minimum absolute atomic E-state index is 0.108. The van der Waals surface area contributed by atoms with Crippen LogP contribution in [0.2, 0.25) is 0 Å². The summed E-state index contributed by atoms with van der Waals surface area (Å²) in [6, 6.07) is 17.4. The molecule has 2 aromatic heterocycles. The predicted molar refractivity (Wildman–Crippen MR) is 112 cm³/mol. The maximum Gasteiger partial charge on any atom is 0.289 e. The summed E-state index contributed by atoms with van der Waals surface area (Å²) in [6.45, 7) is 0.636. The number of hydrogen-bond acceptors (Lipinski definition) is 4. The Balaban J connectivity index is 1.39. The van der Waals surface area contributed by atoms with E-state index in [4.69, 9.17) is 0 Å². The van der Waals surface area contributed by atoms with E-state index in [1.54, 1.807) is 21.9 Å². The Kier molecular flexibility index (Phi) is 4.71. The highest BCUT2D eigenvalue weighted by molar-refractivity contribution is 5.95. The summed E-state index contributed by atoms with van der Waals surface area (Å²) in [7, 11) is 0. The standard InChI is InChI=1S/C23H20FN5O/c24-10-13-29-19-9-5-4-8-18(19)27-22(29)23(30)28-14-17(15-28)21-20(25-11-12-26-21)16-6-2-1-3-7-16/h1-9,11-12,17H,10,13-15H2. The number of amides is 1. The molecule has 1 aliphatic heterocycles. The molecule has 3 heterocycles. The maximum absolute atomic E-state index is 13.1. The topological polar surface area (TPSA) is 63.9 Å². The molecule has 1 aliphatic rings. The molecule has 1 fully saturated rings. The van der Waals surface area contributed by atoms with E-state index in [1.165, 1.54) is 0 Å². The molecule has 150 valence electrons. The van der Waals surface area contributed by atoms with Crippen LogP contribution in [0.1, 0.15) is 22.2 Å². The number of halogens is 1. The smallest absolute Gasteiger partial charge is 0.289 e. The number of likely N-dealkylation sites (tertiary alicyclic amines) is 1. The molecule has 1 amide bonds. The van der Waals surface area contributed by atoms with Crippen molar-refractivity contribution < 1.29 is 9.18 Å². The summed E-state index contributed by atoms with van der Waals surface area (Å²) in [5.41, 5.74) is 4.22. The van der Waals surface area contributed by atoms with Gasteiger partial charge in [-0.3, -0.25) is 14.8 Å². The Morgan fingerprint density at radius 3 is 2.53 bits per heavy atom. The van der Waals surface area contributed by atoms with Gasteiger partial charge in [0.05, 0.1) is 29.0 Å². The lowest BCUT2D eigenvalue weighted by Crippen LogP contribution is -2.49. The molecule has 4 aromatic rings. The van der Waals surface area contributed by atoms with Crippen molar-refractivity contribution in [3.8, 4) is 11.3 Å². The molecule has 0 radical (unpaired) electrons. The third-order valence-corrected chi connectivity index (χ3v) is 5.48. The number of alkyl halides is 1. The number of aromatic nitrogens is 4. The maximum atomic E-state index is 13.1. The second-order valence-corrected chi connectivity index (χ2v) is 7.33. The number of carbonyl (C=O) groups is 1. The van der Waals surface area contributed by atoms with E-state index < -0.39 is 6.67 Å². The van der Waals surface area contributed by atoms with Crippen LogP contribution in [0.15, 0.2) is 67.0 Å². The lowest BCUT2D eigenvalue weighted by Gasteiger charge is -2.39. The average molecular weight is 401 g/mol. The summed E-state index contributed by atoms with van der Waals surface area (Å²) in [5.74, 6) is 0.215.